The first-order valence-electron chi connectivity index (χ1n) is 2.34. The van der Waals surface area contributed by atoms with Gasteiger partial charge in [-0.05, 0) is 0 Å². The summed E-state index contributed by atoms with van der Waals surface area (Å²) in [7, 11) is 1.08. The normalized spacial score (nSPS) is 10.5. The number of rotatable bonds is 0. The number of amides is 2. The Balaban J connectivity index is 3.99. The fourth-order valence-corrected chi connectivity index (χ4v) is 0.356. The van der Waals surface area contributed by atoms with E-state index in [9.17, 15) is 9.59 Å². The summed E-state index contributed by atoms with van der Waals surface area (Å²) in [5.74, 6) is -1.05. The molecule has 2 amide bonds. The largest absolute Gasteiger partial charge is 0.453 e. The van der Waals surface area contributed by atoms with Crippen LogP contribution in [0, 0.1) is 0 Å². The monoisotopic (exact) mass is 219 g/mol. The fraction of sp³-hybridized carbons (Fsp3) is 0.500. The lowest BCUT2D eigenvalue weighted by atomic mass is 10.7. The van der Waals surface area contributed by atoms with Crippen LogP contribution in [0.2, 0.25) is 0 Å². The summed E-state index contributed by atoms with van der Waals surface area (Å²) in [5.41, 5.74) is 0. The van der Waals surface area contributed by atoms with Gasteiger partial charge in [-0.25, -0.2) is 4.79 Å². The number of hydrogen-bond acceptors (Lipinski definition) is 3. The van der Waals surface area contributed by atoms with E-state index in [-0.39, 0.29) is 0 Å². The van der Waals surface area contributed by atoms with E-state index in [1.165, 1.54) is 0 Å². The van der Waals surface area contributed by atoms with Crippen molar-refractivity contribution in [2.24, 2.45) is 0 Å². The van der Waals surface area contributed by atoms with Crippen molar-refractivity contribution in [3.8, 4) is 0 Å². The number of ether oxygens (including phenoxy) is 1. The van der Waals surface area contributed by atoms with E-state index in [0.29, 0.717) is 0 Å². The lowest BCUT2D eigenvalue weighted by molar-refractivity contribution is -0.119. The minimum absolute atomic E-state index is 0.971. The molecule has 0 spiro atoms. The van der Waals surface area contributed by atoms with Gasteiger partial charge in [0.15, 0.2) is 0 Å². The topological polar surface area (TPSA) is 55.4 Å². The van der Waals surface area contributed by atoms with E-state index in [0.717, 1.165) is 7.11 Å². The van der Waals surface area contributed by atoms with Crippen LogP contribution in [0.4, 0.5) is 4.79 Å². The van der Waals surface area contributed by atoms with Gasteiger partial charge in [-0.2, -0.15) is 0 Å². The second-order valence-corrected chi connectivity index (χ2v) is 3.72. The number of halogens is 3. The number of methoxy groups -OCH3 is 1. The summed E-state index contributed by atoms with van der Waals surface area (Å²) in [6.45, 7) is 0. The zero-order valence-corrected chi connectivity index (χ0v) is 7.63. The Labute approximate surface area is 77.7 Å². The molecule has 1 N–H and O–H groups in total. The molecule has 11 heavy (non-hydrogen) atoms. The van der Waals surface area contributed by atoms with Gasteiger partial charge in [-0.3, -0.25) is 10.1 Å². The lowest BCUT2D eigenvalue weighted by Crippen LogP contribution is -2.38. The van der Waals surface area contributed by atoms with Crippen LogP contribution in [0.25, 0.3) is 0 Å². The maximum absolute atomic E-state index is 10.6. The number of carbonyl (C=O) groups excluding carboxylic acids is 2. The van der Waals surface area contributed by atoms with Crippen molar-refractivity contribution in [3.63, 3.8) is 0 Å². The number of nitrogens with one attached hydrogen (secondary N) is 1. The second-order valence-electron chi connectivity index (χ2n) is 1.44. The zero-order chi connectivity index (χ0) is 9.07. The number of carbonyl (C=O) groups is 2. The molecule has 0 aromatic heterocycles. The highest BCUT2D eigenvalue weighted by Gasteiger charge is 2.32. The van der Waals surface area contributed by atoms with E-state index in [2.05, 4.69) is 4.74 Å². The maximum Gasteiger partial charge on any atom is 0.413 e. The van der Waals surface area contributed by atoms with Gasteiger partial charge in [0.1, 0.15) is 0 Å². The number of imide groups is 1. The Kier molecular flexibility index (Phi) is 3.92. The molecule has 0 saturated carbocycles. The number of alkyl halides is 3. The minimum atomic E-state index is -2.14. The van der Waals surface area contributed by atoms with E-state index >= 15 is 0 Å². The van der Waals surface area contributed by atoms with Gasteiger partial charge in [0.2, 0.25) is 0 Å². The van der Waals surface area contributed by atoms with E-state index in [1.807, 2.05) is 0 Å². The van der Waals surface area contributed by atoms with Crippen LogP contribution in [0.3, 0.4) is 0 Å². The summed E-state index contributed by atoms with van der Waals surface area (Å²) in [4.78, 5) is 21.0. The molecular formula is C4H4Cl3NO3. The Morgan fingerprint density at radius 2 is 1.82 bits per heavy atom. The molecule has 0 rings (SSSR count). The maximum atomic E-state index is 10.6. The van der Waals surface area contributed by atoms with Crippen LogP contribution >= 0.6 is 34.8 Å². The Hall–Kier alpha value is -0.190. The molecule has 64 valence electrons. The predicted octanol–water partition coefficient (Wildman–Crippen LogP) is 1.24. The van der Waals surface area contributed by atoms with Crippen molar-refractivity contribution in [1.82, 2.24) is 5.32 Å². The average Bonchev–Trinajstić information content (AvgIpc) is 1.85. The Morgan fingerprint density at radius 3 is 2.09 bits per heavy atom. The highest BCUT2D eigenvalue weighted by Crippen LogP contribution is 2.25. The first-order chi connectivity index (χ1) is 4.88. The van der Waals surface area contributed by atoms with Crippen molar-refractivity contribution in [3.05, 3.63) is 0 Å². The lowest BCUT2D eigenvalue weighted by Gasteiger charge is -2.08. The van der Waals surface area contributed by atoms with Gasteiger partial charge in [-0.15, -0.1) is 0 Å². The van der Waals surface area contributed by atoms with Crippen LogP contribution in [-0.4, -0.2) is 22.9 Å². The average molecular weight is 220 g/mol. The number of hydrogen-bond donors (Lipinski definition) is 1. The molecule has 0 bridgehead atoms. The molecule has 0 aromatic carbocycles. The SMILES string of the molecule is COC(=O)NC(=O)C(Cl)(Cl)Cl. The van der Waals surface area contributed by atoms with Crippen LogP contribution < -0.4 is 5.32 Å². The molecule has 0 aliphatic heterocycles. The van der Waals surface area contributed by atoms with Gasteiger partial charge in [0, 0.05) is 0 Å². The summed E-state index contributed by atoms with van der Waals surface area (Å²) in [6.07, 6.45) is -0.971. The molecule has 0 fully saturated rings. The highest BCUT2D eigenvalue weighted by molar-refractivity contribution is 6.76. The first-order valence-corrected chi connectivity index (χ1v) is 3.47. The molecule has 0 unspecified atom stereocenters. The third-order valence-electron chi connectivity index (χ3n) is 0.658. The third kappa shape index (κ3) is 4.29. The molecule has 7 heteroatoms. The van der Waals surface area contributed by atoms with E-state index in [1.54, 1.807) is 5.32 Å². The number of alkyl carbamates (subject to hydrolysis) is 1. The zero-order valence-electron chi connectivity index (χ0n) is 5.36. The fourth-order valence-electron chi connectivity index (χ4n) is 0.215. The second kappa shape index (κ2) is 3.99. The van der Waals surface area contributed by atoms with Crippen molar-refractivity contribution in [2.75, 3.05) is 7.11 Å². The summed E-state index contributed by atoms with van der Waals surface area (Å²) in [5, 5.41) is 1.67. The molecular weight excluding hydrogens is 216 g/mol. The first kappa shape index (κ1) is 10.8. The molecule has 0 radical (unpaired) electrons. The molecule has 0 heterocycles. The van der Waals surface area contributed by atoms with Gasteiger partial charge in [-0.1, -0.05) is 34.8 Å². The smallest absolute Gasteiger partial charge is 0.413 e. The molecule has 0 aromatic rings. The quantitative estimate of drug-likeness (QED) is 0.625. The molecule has 4 nitrogen and oxygen atoms in total. The van der Waals surface area contributed by atoms with Crippen molar-refractivity contribution in [1.29, 1.82) is 0 Å². The molecule has 0 aliphatic rings. The van der Waals surface area contributed by atoms with Gasteiger partial charge >= 0.3 is 6.09 Å². The van der Waals surface area contributed by atoms with Crippen LogP contribution in [-0.2, 0) is 9.53 Å². The van der Waals surface area contributed by atoms with Crippen molar-refractivity contribution < 1.29 is 14.3 Å². The summed E-state index contributed by atoms with van der Waals surface area (Å²) >= 11 is 15.3. The predicted molar refractivity (Wildman–Crippen MR) is 40.8 cm³/mol. The highest BCUT2D eigenvalue weighted by atomic mass is 35.6. The van der Waals surface area contributed by atoms with E-state index in [4.69, 9.17) is 34.8 Å². The van der Waals surface area contributed by atoms with Gasteiger partial charge in [0.25, 0.3) is 9.70 Å². The Bertz CT molecular complexity index is 176. The third-order valence-corrected chi connectivity index (χ3v) is 1.17. The standard InChI is InChI=1S/C4H4Cl3NO3/c1-11-3(10)8-2(9)4(5,6)7/h1H3,(H,8,9,10). The van der Waals surface area contributed by atoms with E-state index < -0.39 is 15.8 Å². The minimum Gasteiger partial charge on any atom is -0.453 e. The summed E-state index contributed by atoms with van der Waals surface area (Å²) in [6, 6.07) is 0. The summed E-state index contributed by atoms with van der Waals surface area (Å²) < 4.78 is 1.92. The molecule has 0 saturated heterocycles. The van der Waals surface area contributed by atoms with Gasteiger partial charge in [0.05, 0.1) is 7.11 Å². The Morgan fingerprint density at radius 1 is 1.36 bits per heavy atom. The van der Waals surface area contributed by atoms with Crippen molar-refractivity contribution in [2.45, 2.75) is 3.79 Å². The van der Waals surface area contributed by atoms with Crippen molar-refractivity contribution >= 4 is 46.8 Å². The van der Waals surface area contributed by atoms with Crippen LogP contribution in [0.5, 0.6) is 0 Å². The molecule has 0 atom stereocenters. The van der Waals surface area contributed by atoms with Gasteiger partial charge < -0.3 is 4.74 Å². The van der Waals surface area contributed by atoms with Crippen LogP contribution in [0.15, 0.2) is 0 Å². The molecule has 0 aliphatic carbocycles. The van der Waals surface area contributed by atoms with Crippen LogP contribution in [0.1, 0.15) is 0 Å².